The Morgan fingerprint density at radius 2 is 2.50 bits per heavy atom. The average molecular weight is 206 g/mol. The predicted molar refractivity (Wildman–Crippen MR) is 39.4 cm³/mol. The first-order valence-electron chi connectivity index (χ1n) is 1.97. The quantitative estimate of drug-likeness (QED) is 0.368. The van der Waals surface area contributed by atoms with E-state index in [4.69, 9.17) is 0 Å². The minimum Gasteiger partial charge on any atom is -0.301 e. The minimum absolute atomic E-state index is 0.237. The second-order valence-electron chi connectivity index (χ2n) is 1.40. The molecular weight excluding hydrogens is 199 g/mol. The van der Waals surface area contributed by atoms with E-state index >= 15 is 0 Å². The summed E-state index contributed by atoms with van der Waals surface area (Å²) in [6.07, 6.45) is 0. The van der Waals surface area contributed by atoms with Gasteiger partial charge in [-0.1, -0.05) is 0 Å². The van der Waals surface area contributed by atoms with Gasteiger partial charge < -0.3 is 18.9 Å². The van der Waals surface area contributed by atoms with Crippen LogP contribution in [-0.4, -0.2) is 16.5 Å². The van der Waals surface area contributed by atoms with E-state index in [0.29, 0.717) is 0 Å². The fourth-order valence-electron chi connectivity index (χ4n) is 0.161. The fourth-order valence-corrected chi connectivity index (χ4v) is 3.25. The van der Waals surface area contributed by atoms with Crippen LogP contribution in [0.15, 0.2) is 12.2 Å². The molecule has 0 saturated heterocycles. The van der Waals surface area contributed by atoms with Crippen LogP contribution in [0.3, 0.4) is 0 Å². The first-order chi connectivity index (χ1) is 2.77. The first kappa shape index (κ1) is 7.24. The first-order valence-corrected chi connectivity index (χ1v) is 8.09. The summed E-state index contributed by atoms with van der Waals surface area (Å²) in [7, 11) is 0. The van der Waals surface area contributed by atoms with Crippen LogP contribution in [0.25, 0.3) is 0 Å². The monoisotopic (exact) mass is 206 g/mol. The molecule has 0 rings (SSSR count). The van der Waals surface area contributed by atoms with Crippen LogP contribution in [0.4, 0.5) is 0 Å². The Balaban J connectivity index is 2.83. The summed E-state index contributed by atoms with van der Waals surface area (Å²) in [5.41, 5.74) is 1.34. The maximum atomic E-state index is 3.77. The summed E-state index contributed by atoms with van der Waals surface area (Å²) < 4.78 is 1.31. The molecule has 0 heterocycles. The van der Waals surface area contributed by atoms with Gasteiger partial charge in [-0.3, -0.25) is 0 Å². The normalized spacial score (nSPS) is 7.00. The lowest BCUT2D eigenvalue weighted by Crippen LogP contribution is -1.73. The molecule has 2 heteroatoms. The van der Waals surface area contributed by atoms with E-state index in [-0.39, 0.29) is 16.5 Å². The van der Waals surface area contributed by atoms with Gasteiger partial charge >= 0.3 is 16.5 Å². The maximum absolute atomic E-state index is 3.77. The highest BCUT2D eigenvalue weighted by Crippen LogP contribution is 1.96. The van der Waals surface area contributed by atoms with Gasteiger partial charge in [0.15, 0.2) is 0 Å². The molecule has 0 aliphatic heterocycles. The van der Waals surface area contributed by atoms with Crippen molar-refractivity contribution in [2.75, 3.05) is 0 Å². The van der Waals surface area contributed by atoms with Crippen molar-refractivity contribution in [2.45, 2.75) is 11.5 Å². The van der Waals surface area contributed by atoms with Crippen LogP contribution < -0.4 is 0 Å². The van der Waals surface area contributed by atoms with Gasteiger partial charge in [0, 0.05) is 0 Å². The zero-order chi connectivity index (χ0) is 4.99. The van der Waals surface area contributed by atoms with Gasteiger partial charge in [0.25, 0.3) is 0 Å². The summed E-state index contributed by atoms with van der Waals surface area (Å²) in [6, 6.07) is 0. The molecule has 0 unspecified atom stereocenters. The fraction of sp³-hybridized carbons (Fsp3) is 0.500. The third kappa shape index (κ3) is 5.24. The van der Waals surface area contributed by atoms with E-state index in [1.807, 2.05) is 0 Å². The number of hydrogen-bond acceptors (Lipinski definition) is 0. The van der Waals surface area contributed by atoms with Crippen LogP contribution in [0, 0.1) is 0 Å². The van der Waals surface area contributed by atoms with Gasteiger partial charge in [-0.15, -0.1) is 16.7 Å². The van der Waals surface area contributed by atoms with Crippen molar-refractivity contribution in [1.29, 1.82) is 0 Å². The summed E-state index contributed by atoms with van der Waals surface area (Å²) >= 11 is 2.72. The molecule has 0 spiro atoms. The number of rotatable bonds is 2. The van der Waals surface area contributed by atoms with Crippen molar-refractivity contribution < 1.29 is 0 Å². The molecule has 32 valence electrons. The Bertz CT molecular complexity index is 51.5. The lowest BCUT2D eigenvalue weighted by molar-refractivity contribution is 1.41. The van der Waals surface area contributed by atoms with Gasteiger partial charge in [0.2, 0.25) is 0 Å². The van der Waals surface area contributed by atoms with E-state index in [1.165, 1.54) is 10.1 Å². The molecule has 0 aliphatic rings. The molecule has 0 bridgehead atoms. The van der Waals surface area contributed by atoms with E-state index in [1.54, 1.807) is 0 Å². The molecule has 0 aromatic heterocycles. The van der Waals surface area contributed by atoms with Crippen molar-refractivity contribution in [3.8, 4) is 0 Å². The molecule has 0 N–H and O–H groups in total. The standard InChI is InChI=1S/C4H7.HI.Mg/c1-4(2)3;;/h1-2H2,3H3;1H;/q;;+1/p-1. The minimum atomic E-state index is 0.237. The summed E-state index contributed by atoms with van der Waals surface area (Å²) in [5.74, 6) is 0. The second kappa shape index (κ2) is 4.40. The topological polar surface area (TPSA) is 0 Å². The summed E-state index contributed by atoms with van der Waals surface area (Å²) in [6.45, 7) is 5.86. The van der Waals surface area contributed by atoms with Crippen molar-refractivity contribution in [3.63, 3.8) is 0 Å². The van der Waals surface area contributed by atoms with E-state index in [2.05, 4.69) is 32.4 Å². The highest BCUT2D eigenvalue weighted by Gasteiger charge is 1.85. The van der Waals surface area contributed by atoms with Crippen molar-refractivity contribution in [1.82, 2.24) is 0 Å². The number of allylic oxidation sites excluding steroid dienone is 1. The van der Waals surface area contributed by atoms with Crippen molar-refractivity contribution in [3.05, 3.63) is 12.2 Å². The summed E-state index contributed by atoms with van der Waals surface area (Å²) in [5, 5.41) is 0. The molecule has 0 amide bonds. The zero-order valence-corrected chi connectivity index (χ0v) is 7.57. The molecule has 6 heavy (non-hydrogen) atoms. The smallest absolute Gasteiger partial charge is 0.301 e. The Kier molecular flexibility index (Phi) is 5.30. The third-order valence-electron chi connectivity index (χ3n) is 0.521. The zero-order valence-electron chi connectivity index (χ0n) is 4.00. The SMILES string of the molecule is C=C(C)[CH2][Mg][I]. The van der Waals surface area contributed by atoms with E-state index in [9.17, 15) is 0 Å². The van der Waals surface area contributed by atoms with Crippen molar-refractivity contribution >= 4 is 35.3 Å². The lowest BCUT2D eigenvalue weighted by Gasteiger charge is -1.84. The largest absolute Gasteiger partial charge is 0.468 e. The highest BCUT2D eigenvalue weighted by atomic mass is 127. The molecule has 0 aromatic carbocycles. The third-order valence-corrected chi connectivity index (χ3v) is 3.18. The molecule has 0 saturated carbocycles. The van der Waals surface area contributed by atoms with E-state index in [0.717, 1.165) is 0 Å². The predicted octanol–water partition coefficient (Wildman–Crippen LogP) is 2.04. The Morgan fingerprint density at radius 3 is 2.50 bits per heavy atom. The Hall–Kier alpha value is 1.24. The lowest BCUT2D eigenvalue weighted by atomic mass is 10.4. The van der Waals surface area contributed by atoms with E-state index < -0.39 is 0 Å². The Labute approximate surface area is 58.5 Å². The van der Waals surface area contributed by atoms with Crippen LogP contribution in [0.1, 0.15) is 6.92 Å². The van der Waals surface area contributed by atoms with Gasteiger partial charge in [-0.25, -0.2) is 0 Å². The van der Waals surface area contributed by atoms with Gasteiger partial charge in [0.05, 0.1) is 0 Å². The van der Waals surface area contributed by atoms with Crippen LogP contribution in [0.5, 0.6) is 0 Å². The molecule has 0 radical (unpaired) electrons. The molecule has 0 aliphatic carbocycles. The second-order valence-corrected chi connectivity index (χ2v) is 5.51. The van der Waals surface area contributed by atoms with Gasteiger partial charge in [-0.2, -0.15) is 0 Å². The Morgan fingerprint density at radius 1 is 2.00 bits per heavy atom. The van der Waals surface area contributed by atoms with Crippen LogP contribution in [0.2, 0.25) is 4.55 Å². The highest BCUT2D eigenvalue weighted by molar-refractivity contribution is 14.1. The van der Waals surface area contributed by atoms with Gasteiger partial charge in [0.1, 0.15) is 0 Å². The van der Waals surface area contributed by atoms with Crippen molar-refractivity contribution in [2.24, 2.45) is 0 Å². The van der Waals surface area contributed by atoms with Crippen LogP contribution >= 0.6 is 18.9 Å². The molecule has 0 atom stereocenters. The molecular formula is C4H7IMg. The number of hydrogen-bond donors (Lipinski definition) is 0. The average Bonchev–Trinajstić information content (AvgIpc) is 1.35. The number of halogens is 1. The molecule has 0 nitrogen and oxygen atoms in total. The molecule has 0 aromatic rings. The van der Waals surface area contributed by atoms with Crippen LogP contribution in [-0.2, 0) is 0 Å². The summed E-state index contributed by atoms with van der Waals surface area (Å²) in [4.78, 5) is 0. The molecule has 0 fully saturated rings. The maximum Gasteiger partial charge on any atom is 0.468 e. The van der Waals surface area contributed by atoms with Gasteiger partial charge in [-0.05, 0) is 6.92 Å².